The van der Waals surface area contributed by atoms with Gasteiger partial charge in [0.2, 0.25) is 0 Å². The minimum Gasteiger partial charge on any atom is -0.327 e. The Bertz CT molecular complexity index is 199. The van der Waals surface area contributed by atoms with Crippen molar-refractivity contribution in [2.24, 2.45) is 17.1 Å². The van der Waals surface area contributed by atoms with Crippen molar-refractivity contribution in [3.05, 3.63) is 0 Å². The normalized spacial score (nSPS) is 26.4. The average molecular weight is 226 g/mol. The molecule has 0 aromatic rings. The van der Waals surface area contributed by atoms with Crippen LogP contribution in [0.1, 0.15) is 53.4 Å². The van der Waals surface area contributed by atoms with Gasteiger partial charge in [0.05, 0.1) is 0 Å². The van der Waals surface area contributed by atoms with E-state index in [1.165, 1.54) is 38.8 Å². The fraction of sp³-hybridized carbons (Fsp3) is 1.00. The van der Waals surface area contributed by atoms with E-state index in [9.17, 15) is 0 Å². The number of rotatable bonds is 4. The van der Waals surface area contributed by atoms with E-state index in [2.05, 4.69) is 32.6 Å². The molecule has 0 bridgehead atoms. The number of nitrogens with two attached hydrogens (primary N) is 1. The lowest BCUT2D eigenvalue weighted by Gasteiger charge is -2.35. The predicted octanol–water partition coefficient (Wildman–Crippen LogP) is 2.87. The van der Waals surface area contributed by atoms with Crippen LogP contribution in [0.15, 0.2) is 0 Å². The molecule has 2 unspecified atom stereocenters. The van der Waals surface area contributed by atoms with Gasteiger partial charge in [0.1, 0.15) is 0 Å². The lowest BCUT2D eigenvalue weighted by molar-refractivity contribution is 0.160. The Morgan fingerprint density at radius 2 is 2.00 bits per heavy atom. The van der Waals surface area contributed by atoms with Crippen molar-refractivity contribution in [1.29, 1.82) is 0 Å². The molecule has 1 saturated heterocycles. The summed E-state index contributed by atoms with van der Waals surface area (Å²) in [5.74, 6) is 0.961. The van der Waals surface area contributed by atoms with Gasteiger partial charge in [-0.25, -0.2) is 0 Å². The second kappa shape index (κ2) is 6.02. The summed E-state index contributed by atoms with van der Waals surface area (Å²) in [6, 6.07) is 0.276. The van der Waals surface area contributed by atoms with Crippen LogP contribution in [0.3, 0.4) is 0 Å². The molecular formula is C14H30N2. The van der Waals surface area contributed by atoms with Crippen molar-refractivity contribution in [2.75, 3.05) is 19.6 Å². The Kier molecular flexibility index (Phi) is 5.26. The fourth-order valence-corrected chi connectivity index (χ4v) is 2.51. The molecule has 1 rings (SSSR count). The Morgan fingerprint density at radius 3 is 2.56 bits per heavy atom. The molecule has 1 aliphatic heterocycles. The first kappa shape index (κ1) is 14.0. The minimum atomic E-state index is 0.242. The first-order valence-electron chi connectivity index (χ1n) is 6.93. The summed E-state index contributed by atoms with van der Waals surface area (Å²) in [4.78, 5) is 2.62. The maximum Gasteiger partial charge on any atom is 0.00739 e. The van der Waals surface area contributed by atoms with E-state index in [4.69, 9.17) is 5.73 Å². The molecule has 0 spiro atoms. The van der Waals surface area contributed by atoms with Crippen LogP contribution in [0.5, 0.6) is 0 Å². The monoisotopic (exact) mass is 226 g/mol. The Morgan fingerprint density at radius 1 is 1.31 bits per heavy atom. The molecule has 1 heterocycles. The van der Waals surface area contributed by atoms with Crippen LogP contribution in [0.2, 0.25) is 0 Å². The van der Waals surface area contributed by atoms with Crippen molar-refractivity contribution in [3.63, 3.8) is 0 Å². The molecule has 0 radical (unpaired) electrons. The Labute approximate surface area is 102 Å². The highest BCUT2D eigenvalue weighted by atomic mass is 15.1. The second-order valence-electron chi connectivity index (χ2n) is 6.26. The van der Waals surface area contributed by atoms with Gasteiger partial charge in [-0.05, 0) is 50.6 Å². The van der Waals surface area contributed by atoms with Crippen LogP contribution in [0.25, 0.3) is 0 Å². The summed E-state index contributed by atoms with van der Waals surface area (Å²) in [6.45, 7) is 12.7. The number of hydrogen-bond acceptors (Lipinski definition) is 2. The molecule has 1 fully saturated rings. The molecule has 2 N–H and O–H groups in total. The van der Waals surface area contributed by atoms with E-state index in [-0.39, 0.29) is 11.5 Å². The maximum absolute atomic E-state index is 6.05. The lowest BCUT2D eigenvalue weighted by Crippen LogP contribution is -2.44. The zero-order valence-electron chi connectivity index (χ0n) is 11.6. The summed E-state index contributed by atoms with van der Waals surface area (Å²) < 4.78 is 0. The molecule has 16 heavy (non-hydrogen) atoms. The van der Waals surface area contributed by atoms with Crippen molar-refractivity contribution in [1.82, 2.24) is 4.90 Å². The molecule has 0 amide bonds. The molecular weight excluding hydrogens is 196 g/mol. The van der Waals surface area contributed by atoms with Gasteiger partial charge in [-0.2, -0.15) is 0 Å². The molecule has 0 aromatic carbocycles. The summed E-state index contributed by atoms with van der Waals surface area (Å²) in [6.07, 6.45) is 5.52. The molecule has 0 aliphatic carbocycles. The summed E-state index contributed by atoms with van der Waals surface area (Å²) in [5.41, 5.74) is 6.30. The van der Waals surface area contributed by atoms with Gasteiger partial charge < -0.3 is 10.6 Å². The van der Waals surface area contributed by atoms with E-state index in [0.717, 1.165) is 12.5 Å². The molecule has 2 nitrogen and oxygen atoms in total. The topological polar surface area (TPSA) is 29.3 Å². The molecule has 0 saturated carbocycles. The van der Waals surface area contributed by atoms with Gasteiger partial charge in [0.15, 0.2) is 0 Å². The zero-order chi connectivity index (χ0) is 12.2. The van der Waals surface area contributed by atoms with Crippen molar-refractivity contribution in [3.8, 4) is 0 Å². The first-order valence-corrected chi connectivity index (χ1v) is 6.93. The second-order valence-corrected chi connectivity index (χ2v) is 6.26. The molecule has 1 aliphatic rings. The Hall–Kier alpha value is -0.0800. The highest BCUT2D eigenvalue weighted by molar-refractivity contribution is 4.82. The van der Waals surface area contributed by atoms with Crippen molar-refractivity contribution >= 4 is 0 Å². The van der Waals surface area contributed by atoms with E-state index in [0.29, 0.717) is 0 Å². The standard InChI is InChI=1S/C14H30N2/c1-5-13-7-6-9-16(10-8-13)11-14(3,4)12(2)15/h12-13H,5-11,15H2,1-4H3. The zero-order valence-corrected chi connectivity index (χ0v) is 11.6. The summed E-state index contributed by atoms with van der Waals surface area (Å²) in [5, 5.41) is 0. The van der Waals surface area contributed by atoms with Crippen LogP contribution in [-0.4, -0.2) is 30.6 Å². The highest BCUT2D eigenvalue weighted by Crippen LogP contribution is 2.25. The summed E-state index contributed by atoms with van der Waals surface area (Å²) >= 11 is 0. The third-order valence-corrected chi connectivity index (χ3v) is 4.38. The number of nitrogens with zero attached hydrogens (tertiary/aromatic N) is 1. The molecule has 96 valence electrons. The van der Waals surface area contributed by atoms with Gasteiger partial charge in [-0.3, -0.25) is 0 Å². The number of likely N-dealkylation sites (tertiary alicyclic amines) is 1. The largest absolute Gasteiger partial charge is 0.327 e. The van der Waals surface area contributed by atoms with Crippen molar-refractivity contribution < 1.29 is 0 Å². The highest BCUT2D eigenvalue weighted by Gasteiger charge is 2.27. The van der Waals surface area contributed by atoms with Crippen LogP contribution in [-0.2, 0) is 0 Å². The Balaban J connectivity index is 2.43. The van der Waals surface area contributed by atoms with Crippen LogP contribution < -0.4 is 5.73 Å². The van der Waals surface area contributed by atoms with Gasteiger partial charge in [0.25, 0.3) is 0 Å². The maximum atomic E-state index is 6.05. The smallest absolute Gasteiger partial charge is 0.00739 e. The van der Waals surface area contributed by atoms with Gasteiger partial charge >= 0.3 is 0 Å². The SMILES string of the molecule is CCC1CCCN(CC(C)(C)C(C)N)CC1. The van der Waals surface area contributed by atoms with Crippen LogP contribution >= 0.6 is 0 Å². The first-order chi connectivity index (χ1) is 7.45. The third kappa shape index (κ3) is 4.06. The lowest BCUT2D eigenvalue weighted by atomic mass is 9.85. The van der Waals surface area contributed by atoms with Gasteiger partial charge in [-0.15, -0.1) is 0 Å². The van der Waals surface area contributed by atoms with E-state index < -0.39 is 0 Å². The van der Waals surface area contributed by atoms with E-state index in [1.54, 1.807) is 0 Å². The average Bonchev–Trinajstić information content (AvgIpc) is 2.42. The third-order valence-electron chi connectivity index (χ3n) is 4.38. The van der Waals surface area contributed by atoms with Crippen LogP contribution in [0, 0.1) is 11.3 Å². The minimum absolute atomic E-state index is 0.242. The van der Waals surface area contributed by atoms with E-state index >= 15 is 0 Å². The van der Waals surface area contributed by atoms with Gasteiger partial charge in [0, 0.05) is 12.6 Å². The van der Waals surface area contributed by atoms with Crippen LogP contribution in [0.4, 0.5) is 0 Å². The predicted molar refractivity (Wildman–Crippen MR) is 71.5 cm³/mol. The quantitative estimate of drug-likeness (QED) is 0.798. The summed E-state index contributed by atoms with van der Waals surface area (Å²) in [7, 11) is 0. The van der Waals surface area contributed by atoms with E-state index in [1.807, 2.05) is 0 Å². The molecule has 2 heteroatoms. The molecule has 0 aromatic heterocycles. The fourth-order valence-electron chi connectivity index (χ4n) is 2.51. The molecule has 2 atom stereocenters. The van der Waals surface area contributed by atoms with Crippen molar-refractivity contribution in [2.45, 2.75) is 59.4 Å². The number of hydrogen-bond donors (Lipinski definition) is 1. The van der Waals surface area contributed by atoms with Gasteiger partial charge in [-0.1, -0.05) is 27.2 Å².